The number of aromatic hydroxyl groups is 2. The number of carbonyl (C=O) groups excluding carboxylic acids is 3. The van der Waals surface area contributed by atoms with Crippen molar-refractivity contribution < 1.29 is 44.7 Å². The number of nitrogens with two attached hydrogens (primary N) is 1. The number of amides is 1. The Morgan fingerprint density at radius 3 is 2.36 bits per heavy atom. The third-order valence-electron chi connectivity index (χ3n) is 8.91. The van der Waals surface area contributed by atoms with Crippen molar-refractivity contribution >= 4 is 34.6 Å². The molecule has 2 aromatic rings. The summed E-state index contributed by atoms with van der Waals surface area (Å²) in [5.74, 6) is -6.82. The molecule has 13 nitrogen and oxygen atoms in total. The topological polar surface area (TPSA) is 206 Å². The second kappa shape index (κ2) is 10.8. The maximum absolute atomic E-state index is 14.1. The van der Waals surface area contributed by atoms with Crippen LogP contribution in [0.5, 0.6) is 17.2 Å². The van der Waals surface area contributed by atoms with Crippen molar-refractivity contribution in [2.75, 3.05) is 45.5 Å². The summed E-state index contributed by atoms with van der Waals surface area (Å²) < 4.78 is 5.08. The van der Waals surface area contributed by atoms with Crippen LogP contribution in [-0.4, -0.2) is 94.8 Å². The molecule has 0 spiro atoms. The van der Waals surface area contributed by atoms with Crippen LogP contribution < -0.4 is 20.7 Å². The highest BCUT2D eigenvalue weighted by atomic mass is 16.5. The van der Waals surface area contributed by atoms with Crippen LogP contribution in [0.25, 0.3) is 5.76 Å². The van der Waals surface area contributed by atoms with Gasteiger partial charge in [-0.2, -0.15) is 0 Å². The highest BCUT2D eigenvalue weighted by molar-refractivity contribution is 6.24. The van der Waals surface area contributed by atoms with Crippen molar-refractivity contribution in [1.29, 1.82) is 0 Å². The van der Waals surface area contributed by atoms with Gasteiger partial charge in [0.25, 0.3) is 5.91 Å². The average molecular weight is 609 g/mol. The largest absolute Gasteiger partial charge is 0.508 e. The molecule has 4 atom stereocenters. The number of carbonyl (C=O) groups is 3. The van der Waals surface area contributed by atoms with Gasteiger partial charge in [-0.1, -0.05) is 6.07 Å². The first-order valence-electron chi connectivity index (χ1n) is 14.0. The van der Waals surface area contributed by atoms with E-state index in [1.54, 1.807) is 51.3 Å². The summed E-state index contributed by atoms with van der Waals surface area (Å²) in [5.41, 5.74) is 3.65. The van der Waals surface area contributed by atoms with Crippen LogP contribution in [0.15, 0.2) is 41.2 Å². The number of nitrogens with zero attached hydrogens (tertiary/aromatic N) is 2. The highest BCUT2D eigenvalue weighted by Crippen LogP contribution is 2.54. The standard InChI is InChI=1S/C31H36N4O9/c1-34(2)18-11-17(33-12-13-6-7-20(44-5)19(36)8-13)25(37)22-15(18)9-14-10-16-24(35(3)4)27(39)23(30(32)42)29(41)31(16,43)28(40)21(14)26(22)38/h6-8,11,14,16,24,33,36-38,41,43H,9-10,12H2,1-5H3,(H2,32,42)/t14-,16-,24?,31+/m1/s1. The lowest BCUT2D eigenvalue weighted by atomic mass is 9.57. The fourth-order valence-corrected chi connectivity index (χ4v) is 6.87. The number of likely N-dealkylation sites (N-methyl/N-ethyl adjacent to an activating group) is 1. The van der Waals surface area contributed by atoms with Crippen LogP contribution in [0.1, 0.15) is 23.1 Å². The van der Waals surface area contributed by atoms with E-state index in [0.29, 0.717) is 22.6 Å². The van der Waals surface area contributed by atoms with Gasteiger partial charge in [-0.05, 0) is 62.2 Å². The molecular formula is C31H36N4O9. The SMILES string of the molecule is COc1ccc(CNc2cc(N(C)C)c3c(c2O)C(O)=C2C(=O)[C@]4(O)C(O)=C(C(N)=O)C(=O)C(N(C)C)[C@H]4C[C@H]2C3)cc1O. The first kappa shape index (κ1) is 30.7. The molecule has 3 aliphatic carbocycles. The first-order chi connectivity index (χ1) is 20.6. The number of primary amides is 1. The predicted octanol–water partition coefficient (Wildman–Crippen LogP) is 1.36. The second-order valence-electron chi connectivity index (χ2n) is 11.9. The number of phenolic OH excluding ortho intramolecular Hbond substituents is 2. The monoisotopic (exact) mass is 608 g/mol. The summed E-state index contributed by atoms with van der Waals surface area (Å²) >= 11 is 0. The molecule has 0 bridgehead atoms. The number of Topliss-reactive ketones (excluding diaryl/α,β-unsaturated/α-hetero) is 2. The Morgan fingerprint density at radius 2 is 1.80 bits per heavy atom. The number of rotatable bonds is 7. The molecule has 13 heteroatoms. The van der Waals surface area contributed by atoms with Gasteiger partial charge in [0.15, 0.2) is 22.9 Å². The number of hydrogen-bond donors (Lipinski definition) is 7. The summed E-state index contributed by atoms with van der Waals surface area (Å²) in [6.45, 7) is 0.172. The molecule has 234 valence electrons. The third-order valence-corrected chi connectivity index (χ3v) is 8.91. The van der Waals surface area contributed by atoms with Crippen molar-refractivity contribution in [2.45, 2.75) is 31.0 Å². The quantitative estimate of drug-likeness (QED) is 0.176. The fraction of sp³-hybridized carbons (Fsp3) is 0.387. The molecular weight excluding hydrogens is 572 g/mol. The van der Waals surface area contributed by atoms with E-state index in [1.165, 1.54) is 18.1 Å². The van der Waals surface area contributed by atoms with Gasteiger partial charge in [0, 0.05) is 37.8 Å². The zero-order valence-electron chi connectivity index (χ0n) is 25.0. The average Bonchev–Trinajstić information content (AvgIpc) is 2.94. The number of nitrogens with one attached hydrogen (secondary N) is 1. The maximum Gasteiger partial charge on any atom is 0.255 e. The zero-order valence-corrected chi connectivity index (χ0v) is 25.0. The van der Waals surface area contributed by atoms with Gasteiger partial charge in [-0.3, -0.25) is 19.3 Å². The van der Waals surface area contributed by atoms with Gasteiger partial charge in [-0.15, -0.1) is 0 Å². The number of benzene rings is 2. The Balaban J connectivity index is 1.64. The number of hydrogen-bond acceptors (Lipinski definition) is 12. The molecule has 0 aromatic heterocycles. The van der Waals surface area contributed by atoms with Crippen LogP contribution in [0.2, 0.25) is 0 Å². The number of aliphatic hydroxyl groups excluding tert-OH is 2. The number of ketones is 2. The second-order valence-corrected chi connectivity index (χ2v) is 11.9. The Bertz CT molecular complexity index is 1660. The minimum Gasteiger partial charge on any atom is -0.508 e. The molecule has 1 fully saturated rings. The van der Waals surface area contributed by atoms with E-state index in [2.05, 4.69) is 5.32 Å². The van der Waals surface area contributed by atoms with Gasteiger partial charge in [-0.25, -0.2) is 0 Å². The molecule has 1 unspecified atom stereocenters. The zero-order chi connectivity index (χ0) is 32.4. The molecule has 2 aromatic carbocycles. The number of phenols is 2. The molecule has 1 saturated carbocycles. The van der Waals surface area contributed by atoms with Crippen molar-refractivity contribution in [3.8, 4) is 17.2 Å². The van der Waals surface area contributed by atoms with Gasteiger partial charge in [0.05, 0.1) is 24.4 Å². The Labute approximate surface area is 253 Å². The minimum atomic E-state index is -2.71. The molecule has 0 radical (unpaired) electrons. The van der Waals surface area contributed by atoms with Crippen molar-refractivity contribution in [3.63, 3.8) is 0 Å². The molecule has 3 aliphatic rings. The number of aliphatic hydroxyl groups is 3. The molecule has 0 heterocycles. The summed E-state index contributed by atoms with van der Waals surface area (Å²) in [7, 11) is 8.12. The first-order valence-corrected chi connectivity index (χ1v) is 14.0. The van der Waals surface area contributed by atoms with E-state index in [9.17, 15) is 39.9 Å². The molecule has 0 saturated heterocycles. The summed E-state index contributed by atoms with van der Waals surface area (Å²) in [4.78, 5) is 42.8. The lowest BCUT2D eigenvalue weighted by Crippen LogP contribution is -2.65. The summed E-state index contributed by atoms with van der Waals surface area (Å²) in [5, 5.41) is 59.2. The number of anilines is 2. The Morgan fingerprint density at radius 1 is 1.11 bits per heavy atom. The highest BCUT2D eigenvalue weighted by Gasteiger charge is 2.64. The van der Waals surface area contributed by atoms with E-state index < -0.39 is 58.0 Å². The van der Waals surface area contributed by atoms with E-state index >= 15 is 0 Å². The van der Waals surface area contributed by atoms with E-state index in [-0.39, 0.29) is 47.7 Å². The van der Waals surface area contributed by atoms with E-state index in [4.69, 9.17) is 10.5 Å². The van der Waals surface area contributed by atoms with Crippen LogP contribution in [0, 0.1) is 11.8 Å². The Kier molecular flexibility index (Phi) is 7.50. The third kappa shape index (κ3) is 4.42. The molecule has 5 rings (SSSR count). The van der Waals surface area contributed by atoms with Crippen LogP contribution >= 0.6 is 0 Å². The number of ether oxygens (including phenoxy) is 1. The van der Waals surface area contributed by atoms with Gasteiger partial charge in [0.2, 0.25) is 5.78 Å². The van der Waals surface area contributed by atoms with Crippen molar-refractivity contribution in [1.82, 2.24) is 4.90 Å². The Hall–Kier alpha value is -4.75. The van der Waals surface area contributed by atoms with Gasteiger partial charge < -0.3 is 46.2 Å². The summed E-state index contributed by atoms with van der Waals surface area (Å²) in [6, 6.07) is 5.38. The lowest BCUT2D eigenvalue weighted by molar-refractivity contribution is -0.153. The number of methoxy groups -OCH3 is 1. The minimum absolute atomic E-state index is 0.000354. The number of fused-ring (bicyclic) bond motifs is 3. The van der Waals surface area contributed by atoms with Gasteiger partial charge >= 0.3 is 0 Å². The fourth-order valence-electron chi connectivity index (χ4n) is 6.87. The van der Waals surface area contributed by atoms with Gasteiger partial charge in [0.1, 0.15) is 22.8 Å². The summed E-state index contributed by atoms with van der Waals surface area (Å²) in [6.07, 6.45) is 0.169. The van der Waals surface area contributed by atoms with Crippen molar-refractivity contribution in [2.24, 2.45) is 17.6 Å². The van der Waals surface area contributed by atoms with Crippen LogP contribution in [-0.2, 0) is 27.3 Å². The normalized spacial score (nSPS) is 24.6. The maximum atomic E-state index is 14.1. The van der Waals surface area contributed by atoms with Crippen LogP contribution in [0.3, 0.4) is 0 Å². The lowest BCUT2D eigenvalue weighted by Gasteiger charge is -2.50. The van der Waals surface area contributed by atoms with E-state index in [1.807, 2.05) is 0 Å². The smallest absolute Gasteiger partial charge is 0.255 e. The van der Waals surface area contributed by atoms with E-state index in [0.717, 1.165) is 0 Å². The van der Waals surface area contributed by atoms with Crippen LogP contribution in [0.4, 0.5) is 11.4 Å². The predicted molar refractivity (Wildman–Crippen MR) is 161 cm³/mol. The molecule has 0 aliphatic heterocycles. The molecule has 44 heavy (non-hydrogen) atoms. The molecule has 8 N–H and O–H groups in total. The van der Waals surface area contributed by atoms with Crippen molar-refractivity contribution in [3.05, 3.63) is 57.9 Å². The molecule has 1 amide bonds.